The third-order valence-corrected chi connectivity index (χ3v) is 5.02. The number of fused-ring (bicyclic) bond motifs is 1. The maximum absolute atomic E-state index is 11.9. The van der Waals surface area contributed by atoms with Crippen molar-refractivity contribution in [1.29, 1.82) is 0 Å². The Hall–Kier alpha value is -2.15. The Bertz CT molecular complexity index is 758. The third kappa shape index (κ3) is 3.21. The lowest BCUT2D eigenvalue weighted by Crippen LogP contribution is -2.12. The fourth-order valence-electron chi connectivity index (χ4n) is 2.73. The number of aromatic nitrogens is 2. The Kier molecular flexibility index (Phi) is 4.71. The number of rotatable bonds is 4. The molecule has 0 aliphatic carbocycles. The van der Waals surface area contributed by atoms with Crippen LogP contribution in [0.25, 0.3) is 0 Å². The number of ether oxygens (including phenoxy) is 2. The monoisotopic (exact) mass is 347 g/mol. The van der Waals surface area contributed by atoms with Crippen LogP contribution < -0.4 is 14.8 Å². The van der Waals surface area contributed by atoms with Gasteiger partial charge in [-0.15, -0.1) is 11.8 Å². The molecule has 1 atom stereocenters. The van der Waals surface area contributed by atoms with E-state index in [0.717, 1.165) is 16.8 Å². The van der Waals surface area contributed by atoms with E-state index in [0.29, 0.717) is 23.1 Å². The molecule has 0 radical (unpaired) electrons. The van der Waals surface area contributed by atoms with E-state index >= 15 is 0 Å². The van der Waals surface area contributed by atoms with Crippen molar-refractivity contribution in [2.45, 2.75) is 32.1 Å². The average molecular weight is 347 g/mol. The van der Waals surface area contributed by atoms with Gasteiger partial charge in [0.15, 0.2) is 17.3 Å². The van der Waals surface area contributed by atoms with E-state index in [1.54, 1.807) is 18.9 Å². The minimum atomic E-state index is -0.0398. The summed E-state index contributed by atoms with van der Waals surface area (Å²) in [5.74, 6) is 2.35. The number of aromatic amines is 1. The fourth-order valence-corrected chi connectivity index (χ4v) is 3.91. The first kappa shape index (κ1) is 16.7. The van der Waals surface area contributed by atoms with Crippen LogP contribution in [0.4, 0.5) is 5.82 Å². The molecule has 0 fully saturated rings. The standard InChI is InChI=1S/C17H21N3O3S/c1-9(2)23-12-6-5-11(7-13(12)22-4)16-15-10(3)19-20-17(15)18-14(21)8-24-16/h5-7,9,16H,8H2,1-4H3,(H2,18,19,20,21)/t16-/m1/s1. The number of methoxy groups -OCH3 is 1. The molecule has 0 saturated carbocycles. The molecule has 7 heteroatoms. The van der Waals surface area contributed by atoms with E-state index in [2.05, 4.69) is 15.5 Å². The molecule has 1 aliphatic rings. The quantitative estimate of drug-likeness (QED) is 0.887. The summed E-state index contributed by atoms with van der Waals surface area (Å²) >= 11 is 1.58. The molecule has 0 bridgehead atoms. The molecule has 1 aromatic heterocycles. The summed E-state index contributed by atoms with van der Waals surface area (Å²) in [4.78, 5) is 11.9. The van der Waals surface area contributed by atoms with E-state index in [9.17, 15) is 4.79 Å². The molecule has 0 spiro atoms. The second-order valence-corrected chi connectivity index (χ2v) is 7.02. The van der Waals surface area contributed by atoms with Gasteiger partial charge in [0.25, 0.3) is 0 Å². The first-order chi connectivity index (χ1) is 11.5. The van der Waals surface area contributed by atoms with Crippen molar-refractivity contribution in [2.75, 3.05) is 18.2 Å². The Morgan fingerprint density at radius 3 is 2.83 bits per heavy atom. The number of carbonyl (C=O) groups excluding carboxylic acids is 1. The highest BCUT2D eigenvalue weighted by molar-refractivity contribution is 8.00. The number of hydrogen-bond donors (Lipinski definition) is 2. The lowest BCUT2D eigenvalue weighted by molar-refractivity contribution is -0.113. The van der Waals surface area contributed by atoms with Crippen molar-refractivity contribution in [3.8, 4) is 11.5 Å². The molecule has 0 saturated heterocycles. The first-order valence-corrected chi connectivity index (χ1v) is 8.85. The summed E-state index contributed by atoms with van der Waals surface area (Å²) in [5, 5.41) is 10.0. The highest BCUT2D eigenvalue weighted by atomic mass is 32.2. The van der Waals surface area contributed by atoms with Gasteiger partial charge in [-0.3, -0.25) is 9.89 Å². The minimum Gasteiger partial charge on any atom is -0.493 e. The van der Waals surface area contributed by atoms with Gasteiger partial charge in [-0.1, -0.05) is 6.07 Å². The Morgan fingerprint density at radius 1 is 1.33 bits per heavy atom. The molecule has 24 heavy (non-hydrogen) atoms. The number of nitrogens with zero attached hydrogens (tertiary/aromatic N) is 1. The number of nitrogens with one attached hydrogen (secondary N) is 2. The predicted octanol–water partition coefficient (Wildman–Crippen LogP) is 3.29. The van der Waals surface area contributed by atoms with Gasteiger partial charge >= 0.3 is 0 Å². The Balaban J connectivity index is 2.02. The topological polar surface area (TPSA) is 76.2 Å². The van der Waals surface area contributed by atoms with Crippen molar-refractivity contribution in [3.05, 3.63) is 35.0 Å². The van der Waals surface area contributed by atoms with E-state index in [-0.39, 0.29) is 17.3 Å². The van der Waals surface area contributed by atoms with Gasteiger partial charge < -0.3 is 14.8 Å². The molecule has 128 valence electrons. The lowest BCUT2D eigenvalue weighted by Gasteiger charge is -2.19. The number of H-pyrrole nitrogens is 1. The highest BCUT2D eigenvalue weighted by Crippen LogP contribution is 2.44. The Morgan fingerprint density at radius 2 is 2.12 bits per heavy atom. The lowest BCUT2D eigenvalue weighted by atomic mass is 10.0. The number of carbonyl (C=O) groups is 1. The van der Waals surface area contributed by atoms with Gasteiger partial charge in [-0.25, -0.2) is 0 Å². The minimum absolute atomic E-state index is 0.000278. The summed E-state index contributed by atoms with van der Waals surface area (Å²) in [7, 11) is 1.63. The summed E-state index contributed by atoms with van der Waals surface area (Å²) in [5.41, 5.74) is 3.01. The maximum Gasteiger partial charge on any atom is 0.235 e. The molecule has 3 rings (SSSR count). The third-order valence-electron chi connectivity index (χ3n) is 3.75. The molecular formula is C17H21N3O3S. The number of amides is 1. The second kappa shape index (κ2) is 6.76. The number of hydrogen-bond acceptors (Lipinski definition) is 5. The Labute approximate surface area is 145 Å². The largest absolute Gasteiger partial charge is 0.493 e. The normalized spacial score (nSPS) is 17.2. The average Bonchev–Trinajstić information content (AvgIpc) is 2.79. The zero-order valence-electron chi connectivity index (χ0n) is 14.2. The van der Waals surface area contributed by atoms with Crippen LogP contribution in [0.5, 0.6) is 11.5 Å². The van der Waals surface area contributed by atoms with Crippen molar-refractivity contribution in [2.24, 2.45) is 0 Å². The first-order valence-electron chi connectivity index (χ1n) is 7.80. The van der Waals surface area contributed by atoms with Crippen LogP contribution >= 0.6 is 11.8 Å². The van der Waals surface area contributed by atoms with Crippen molar-refractivity contribution < 1.29 is 14.3 Å². The van der Waals surface area contributed by atoms with Crippen LogP contribution in [0.2, 0.25) is 0 Å². The molecule has 2 heterocycles. The number of thioether (sulfide) groups is 1. The summed E-state index contributed by atoms with van der Waals surface area (Å²) in [6.45, 7) is 5.92. The van der Waals surface area contributed by atoms with Gasteiger partial charge in [0.1, 0.15) is 0 Å². The zero-order chi connectivity index (χ0) is 17.3. The van der Waals surface area contributed by atoms with Crippen LogP contribution in [-0.2, 0) is 4.79 Å². The van der Waals surface area contributed by atoms with Crippen LogP contribution in [0, 0.1) is 6.92 Å². The molecular weight excluding hydrogens is 326 g/mol. The van der Waals surface area contributed by atoms with Crippen molar-refractivity contribution in [1.82, 2.24) is 10.2 Å². The highest BCUT2D eigenvalue weighted by Gasteiger charge is 2.28. The summed E-state index contributed by atoms with van der Waals surface area (Å²) in [6.07, 6.45) is 0.0709. The summed E-state index contributed by atoms with van der Waals surface area (Å²) in [6, 6.07) is 5.91. The van der Waals surface area contributed by atoms with Gasteiger partial charge in [-0.05, 0) is 38.5 Å². The SMILES string of the molecule is COc1cc([C@H]2SCC(=O)Nc3n[nH]c(C)c32)ccc1OC(C)C. The van der Waals surface area contributed by atoms with Crippen LogP contribution in [-0.4, -0.2) is 35.1 Å². The van der Waals surface area contributed by atoms with Crippen LogP contribution in [0.1, 0.15) is 35.9 Å². The molecule has 1 amide bonds. The predicted molar refractivity (Wildman–Crippen MR) is 95.0 cm³/mol. The van der Waals surface area contributed by atoms with E-state index in [4.69, 9.17) is 9.47 Å². The van der Waals surface area contributed by atoms with Gasteiger partial charge in [0.2, 0.25) is 5.91 Å². The van der Waals surface area contributed by atoms with Crippen LogP contribution in [0.3, 0.4) is 0 Å². The maximum atomic E-state index is 11.9. The van der Waals surface area contributed by atoms with Gasteiger partial charge in [-0.2, -0.15) is 5.10 Å². The van der Waals surface area contributed by atoms with E-state index in [1.165, 1.54) is 0 Å². The zero-order valence-corrected chi connectivity index (χ0v) is 15.0. The number of benzene rings is 1. The van der Waals surface area contributed by atoms with Crippen LogP contribution in [0.15, 0.2) is 18.2 Å². The molecule has 1 aliphatic heterocycles. The van der Waals surface area contributed by atoms with E-state index < -0.39 is 0 Å². The molecule has 1 aromatic carbocycles. The fraction of sp³-hybridized carbons (Fsp3) is 0.412. The second-order valence-electron chi connectivity index (χ2n) is 5.93. The van der Waals surface area contributed by atoms with Crippen molar-refractivity contribution >= 4 is 23.5 Å². The smallest absolute Gasteiger partial charge is 0.235 e. The summed E-state index contributed by atoms with van der Waals surface area (Å²) < 4.78 is 11.3. The van der Waals surface area contributed by atoms with Gasteiger partial charge in [0, 0.05) is 11.3 Å². The van der Waals surface area contributed by atoms with Gasteiger partial charge in [0.05, 0.1) is 24.2 Å². The number of aryl methyl sites for hydroxylation is 1. The molecule has 2 N–H and O–H groups in total. The van der Waals surface area contributed by atoms with Crippen molar-refractivity contribution in [3.63, 3.8) is 0 Å². The molecule has 6 nitrogen and oxygen atoms in total. The molecule has 0 unspecified atom stereocenters. The number of anilines is 1. The van der Waals surface area contributed by atoms with E-state index in [1.807, 2.05) is 39.0 Å². The molecule has 2 aromatic rings.